The normalized spacial score (nSPS) is 17.6. The molecule has 4 rings (SSSR count). The molecule has 1 atom stereocenters. The van der Waals surface area contributed by atoms with E-state index in [1.165, 1.54) is 11.3 Å². The fraction of sp³-hybridized carbons (Fsp3) is 0.296. The Morgan fingerprint density at radius 2 is 1.74 bits per heavy atom. The highest BCUT2D eigenvalue weighted by Gasteiger charge is 2.35. The van der Waals surface area contributed by atoms with E-state index < -0.39 is 0 Å². The van der Waals surface area contributed by atoms with Crippen molar-refractivity contribution in [2.24, 2.45) is 4.99 Å². The Bertz CT molecular complexity index is 1070. The van der Waals surface area contributed by atoms with Gasteiger partial charge in [0.1, 0.15) is 11.5 Å². The molecule has 0 fully saturated rings. The van der Waals surface area contributed by atoms with E-state index in [2.05, 4.69) is 49.7 Å². The average molecular weight is 433 g/mol. The van der Waals surface area contributed by atoms with Gasteiger partial charge in [-0.25, -0.2) is 0 Å². The molecule has 0 N–H and O–H groups in total. The first-order valence-electron chi connectivity index (χ1n) is 10.9. The number of fused-ring (bicyclic) bond motifs is 1. The Labute approximate surface area is 190 Å². The predicted molar refractivity (Wildman–Crippen MR) is 132 cm³/mol. The smallest absolute Gasteiger partial charge is 0.127 e. The van der Waals surface area contributed by atoms with Gasteiger partial charge in [-0.3, -0.25) is 4.99 Å². The van der Waals surface area contributed by atoms with Crippen LogP contribution in [0.25, 0.3) is 0 Å². The van der Waals surface area contributed by atoms with Crippen LogP contribution in [0.1, 0.15) is 51.2 Å². The first-order valence-corrected chi connectivity index (χ1v) is 11.2. The van der Waals surface area contributed by atoms with Crippen LogP contribution in [0.15, 0.2) is 71.7 Å². The largest absolute Gasteiger partial charge is 0.457 e. The zero-order valence-electron chi connectivity index (χ0n) is 18.6. The Kier molecular flexibility index (Phi) is 6.06. The number of para-hydroxylation sites is 1. The summed E-state index contributed by atoms with van der Waals surface area (Å²) in [4.78, 5) is 7.11. The van der Waals surface area contributed by atoms with E-state index >= 15 is 0 Å². The van der Waals surface area contributed by atoms with Gasteiger partial charge in [-0.05, 0) is 87.2 Å². The number of halogens is 1. The number of nitrogens with zero attached hydrogens (tertiary/aromatic N) is 2. The van der Waals surface area contributed by atoms with E-state index in [0.29, 0.717) is 5.92 Å². The maximum atomic E-state index is 6.67. The Balaban J connectivity index is 1.55. The molecule has 0 aliphatic carbocycles. The summed E-state index contributed by atoms with van der Waals surface area (Å²) in [5, 5.41) is 0.731. The quantitative estimate of drug-likeness (QED) is 0.381. The van der Waals surface area contributed by atoms with Crippen LogP contribution in [0, 0.1) is 0 Å². The highest BCUT2D eigenvalue weighted by atomic mass is 35.5. The van der Waals surface area contributed by atoms with Gasteiger partial charge in [-0.15, -0.1) is 0 Å². The lowest BCUT2D eigenvalue weighted by Crippen LogP contribution is -2.48. The molecule has 0 aromatic heterocycles. The van der Waals surface area contributed by atoms with Crippen LogP contribution in [0.3, 0.4) is 0 Å². The van der Waals surface area contributed by atoms with Gasteiger partial charge in [0, 0.05) is 29.5 Å². The molecule has 3 aromatic rings. The molecule has 0 spiro atoms. The maximum Gasteiger partial charge on any atom is 0.127 e. The van der Waals surface area contributed by atoms with E-state index in [1.807, 2.05) is 60.8 Å². The molecule has 0 radical (unpaired) electrons. The SMILES string of the molecule is CCN1c2cc(Cl)c(C=Nc3ccc(Oc4ccccc4)cc3)cc2C(C)CC1(C)C. The van der Waals surface area contributed by atoms with Crippen LogP contribution < -0.4 is 9.64 Å². The molecule has 0 saturated carbocycles. The summed E-state index contributed by atoms with van der Waals surface area (Å²) in [7, 11) is 0. The molecule has 4 heteroatoms. The standard InChI is InChI=1S/C27H29ClN2O/c1-5-30-26-16-25(28)20(15-24(26)19(2)17-27(30,3)4)18-29-21-11-13-23(14-12-21)31-22-9-7-6-8-10-22/h6-16,18-19H,5,17H2,1-4H3. The molecule has 1 heterocycles. The maximum absolute atomic E-state index is 6.67. The zero-order chi connectivity index (χ0) is 22.0. The second-order valence-corrected chi connectivity index (χ2v) is 9.17. The summed E-state index contributed by atoms with van der Waals surface area (Å²) in [6, 6.07) is 21.8. The molecule has 160 valence electrons. The van der Waals surface area contributed by atoms with Crippen molar-refractivity contribution in [1.29, 1.82) is 0 Å². The molecular weight excluding hydrogens is 404 g/mol. The van der Waals surface area contributed by atoms with Gasteiger partial charge in [-0.1, -0.05) is 36.7 Å². The number of benzene rings is 3. The molecule has 0 amide bonds. The van der Waals surface area contributed by atoms with E-state index in [9.17, 15) is 0 Å². The lowest BCUT2D eigenvalue weighted by molar-refractivity contribution is 0.381. The summed E-state index contributed by atoms with van der Waals surface area (Å²) in [6.07, 6.45) is 2.98. The Morgan fingerprint density at radius 3 is 2.42 bits per heavy atom. The second-order valence-electron chi connectivity index (χ2n) is 8.76. The summed E-state index contributed by atoms with van der Waals surface area (Å²) in [5.74, 6) is 2.08. The van der Waals surface area contributed by atoms with Gasteiger partial charge in [0.15, 0.2) is 0 Å². The summed E-state index contributed by atoms with van der Waals surface area (Å²) in [6.45, 7) is 10.1. The van der Waals surface area contributed by atoms with Crippen molar-refractivity contribution in [3.8, 4) is 11.5 Å². The minimum atomic E-state index is 0.129. The van der Waals surface area contributed by atoms with Crippen LogP contribution >= 0.6 is 11.6 Å². The van der Waals surface area contributed by atoms with Crippen molar-refractivity contribution in [2.75, 3.05) is 11.4 Å². The monoisotopic (exact) mass is 432 g/mol. The highest BCUT2D eigenvalue weighted by Crippen LogP contribution is 2.44. The summed E-state index contributed by atoms with van der Waals surface area (Å²) >= 11 is 6.67. The van der Waals surface area contributed by atoms with Crippen molar-refractivity contribution < 1.29 is 4.74 Å². The first kappa shape index (κ1) is 21.5. The van der Waals surface area contributed by atoms with Crippen LogP contribution in [-0.4, -0.2) is 18.3 Å². The van der Waals surface area contributed by atoms with E-state index in [1.54, 1.807) is 0 Å². The average Bonchev–Trinajstić information content (AvgIpc) is 2.74. The predicted octanol–water partition coefficient (Wildman–Crippen LogP) is 8.00. The van der Waals surface area contributed by atoms with Crippen LogP contribution in [0.2, 0.25) is 5.02 Å². The number of hydrogen-bond donors (Lipinski definition) is 0. The lowest BCUT2D eigenvalue weighted by Gasteiger charge is -2.47. The van der Waals surface area contributed by atoms with Crippen molar-refractivity contribution in [2.45, 2.75) is 45.6 Å². The van der Waals surface area contributed by atoms with Crippen molar-refractivity contribution in [1.82, 2.24) is 0 Å². The number of anilines is 1. The third-order valence-corrected chi connectivity index (χ3v) is 6.32. The van der Waals surface area contributed by atoms with Crippen molar-refractivity contribution >= 4 is 29.2 Å². The molecule has 3 nitrogen and oxygen atoms in total. The molecule has 3 aromatic carbocycles. The minimum Gasteiger partial charge on any atom is -0.457 e. The summed E-state index contributed by atoms with van der Waals surface area (Å²) in [5.41, 5.74) is 4.53. The number of ether oxygens (including phenoxy) is 1. The topological polar surface area (TPSA) is 24.8 Å². The molecule has 1 aliphatic heterocycles. The fourth-order valence-electron chi connectivity index (χ4n) is 4.59. The molecule has 31 heavy (non-hydrogen) atoms. The highest BCUT2D eigenvalue weighted by molar-refractivity contribution is 6.33. The van der Waals surface area contributed by atoms with Crippen molar-refractivity contribution in [3.63, 3.8) is 0 Å². The van der Waals surface area contributed by atoms with Gasteiger partial charge in [0.25, 0.3) is 0 Å². The molecule has 1 aliphatic rings. The number of aliphatic imine (C=N–C) groups is 1. The van der Waals surface area contributed by atoms with Crippen LogP contribution in [-0.2, 0) is 0 Å². The van der Waals surface area contributed by atoms with Gasteiger partial charge in [-0.2, -0.15) is 0 Å². The van der Waals surface area contributed by atoms with Gasteiger partial charge in [0.05, 0.1) is 10.7 Å². The van der Waals surface area contributed by atoms with Gasteiger partial charge < -0.3 is 9.64 Å². The lowest BCUT2D eigenvalue weighted by atomic mass is 9.79. The van der Waals surface area contributed by atoms with E-state index in [0.717, 1.165) is 40.7 Å². The molecular formula is C27H29ClN2O. The van der Waals surface area contributed by atoms with Crippen molar-refractivity contribution in [3.05, 3.63) is 82.9 Å². The van der Waals surface area contributed by atoms with Crippen LogP contribution in [0.5, 0.6) is 11.5 Å². The first-order chi connectivity index (χ1) is 14.9. The molecule has 0 bridgehead atoms. The van der Waals surface area contributed by atoms with E-state index in [-0.39, 0.29) is 5.54 Å². The molecule has 0 saturated heterocycles. The fourth-order valence-corrected chi connectivity index (χ4v) is 4.79. The minimum absolute atomic E-state index is 0.129. The Morgan fingerprint density at radius 1 is 1.06 bits per heavy atom. The Hall–Kier alpha value is -2.78. The number of hydrogen-bond acceptors (Lipinski definition) is 3. The third-order valence-electron chi connectivity index (χ3n) is 5.99. The van der Waals surface area contributed by atoms with E-state index in [4.69, 9.17) is 16.3 Å². The van der Waals surface area contributed by atoms with Gasteiger partial charge in [0.2, 0.25) is 0 Å². The third kappa shape index (κ3) is 4.62. The molecule has 1 unspecified atom stereocenters. The van der Waals surface area contributed by atoms with Crippen LogP contribution in [0.4, 0.5) is 11.4 Å². The number of rotatable bonds is 5. The second kappa shape index (κ2) is 8.76. The summed E-state index contributed by atoms with van der Waals surface area (Å²) < 4.78 is 5.85. The van der Waals surface area contributed by atoms with Gasteiger partial charge >= 0.3 is 0 Å². The zero-order valence-corrected chi connectivity index (χ0v) is 19.4.